The molecule has 0 aliphatic carbocycles. The number of morpholine rings is 1. The Morgan fingerprint density at radius 3 is 2.84 bits per heavy atom. The first kappa shape index (κ1) is 20.9. The van der Waals surface area contributed by atoms with Crippen molar-refractivity contribution in [2.24, 2.45) is 0 Å². The van der Waals surface area contributed by atoms with Crippen molar-refractivity contribution >= 4 is 22.8 Å². The molecule has 1 atom stereocenters. The lowest BCUT2D eigenvalue weighted by atomic mass is 9.92. The third kappa shape index (κ3) is 3.95. The van der Waals surface area contributed by atoms with Gasteiger partial charge in [-0.25, -0.2) is 15.0 Å². The molecule has 2 saturated heterocycles. The Labute approximate surface area is 188 Å². The summed E-state index contributed by atoms with van der Waals surface area (Å²) in [4.78, 5) is 34.1. The summed E-state index contributed by atoms with van der Waals surface area (Å²) in [6, 6.07) is 6.43. The highest BCUT2D eigenvalue weighted by atomic mass is 16.5. The van der Waals surface area contributed by atoms with Crippen molar-refractivity contribution in [1.82, 2.24) is 24.8 Å². The van der Waals surface area contributed by atoms with Crippen LogP contribution in [0.4, 0.5) is 5.82 Å². The highest BCUT2D eigenvalue weighted by Crippen LogP contribution is 2.33. The molecule has 0 spiro atoms. The van der Waals surface area contributed by atoms with Gasteiger partial charge in [-0.2, -0.15) is 0 Å². The number of rotatable bonds is 4. The number of ether oxygens (including phenoxy) is 1. The monoisotopic (exact) mass is 434 g/mol. The van der Waals surface area contributed by atoms with Crippen molar-refractivity contribution in [3.05, 3.63) is 36.3 Å². The third-order valence-electron chi connectivity index (χ3n) is 6.66. The number of hydrogen-bond donors (Lipinski definition) is 1. The summed E-state index contributed by atoms with van der Waals surface area (Å²) in [6.45, 7) is 7.89. The first-order valence-corrected chi connectivity index (χ1v) is 11.6. The van der Waals surface area contributed by atoms with Crippen LogP contribution in [0, 0.1) is 0 Å². The standard InChI is InChI=1S/C24H30N6O2/c1-3-22(31)29-10-6-17(7-11-29)20-14-21(30-12-13-32-15-16(30)2)28-24(27-20)19-5-9-26-23-18(19)4-8-25-23/h4-5,8-9,14,16-17H,3,6-7,10-13,15H2,1-2H3,(H,25,26)/t16-/m1/s1. The van der Waals surface area contributed by atoms with Crippen LogP contribution in [-0.4, -0.2) is 69.6 Å². The first-order valence-electron chi connectivity index (χ1n) is 11.6. The third-order valence-corrected chi connectivity index (χ3v) is 6.66. The molecule has 8 heteroatoms. The highest BCUT2D eigenvalue weighted by molar-refractivity contribution is 5.91. The van der Waals surface area contributed by atoms with E-state index in [9.17, 15) is 4.79 Å². The van der Waals surface area contributed by atoms with Gasteiger partial charge in [0.2, 0.25) is 5.91 Å². The van der Waals surface area contributed by atoms with E-state index >= 15 is 0 Å². The lowest BCUT2D eigenvalue weighted by molar-refractivity contribution is -0.131. The molecular formula is C24H30N6O2. The van der Waals surface area contributed by atoms with Gasteiger partial charge in [0, 0.05) is 67.1 Å². The summed E-state index contributed by atoms with van der Waals surface area (Å²) in [6.07, 6.45) is 6.12. The van der Waals surface area contributed by atoms with Crippen LogP contribution in [0.25, 0.3) is 22.4 Å². The van der Waals surface area contributed by atoms with Gasteiger partial charge in [-0.3, -0.25) is 4.79 Å². The molecule has 0 aromatic carbocycles. The van der Waals surface area contributed by atoms with Crippen LogP contribution in [0.1, 0.15) is 44.7 Å². The minimum absolute atomic E-state index is 0.237. The van der Waals surface area contributed by atoms with Crippen molar-refractivity contribution in [3.8, 4) is 11.4 Å². The van der Waals surface area contributed by atoms with E-state index in [4.69, 9.17) is 14.7 Å². The Morgan fingerprint density at radius 1 is 1.22 bits per heavy atom. The Balaban J connectivity index is 1.53. The molecule has 3 aromatic heterocycles. The van der Waals surface area contributed by atoms with Crippen LogP contribution in [0.3, 0.4) is 0 Å². The molecule has 1 N–H and O–H groups in total. The molecule has 32 heavy (non-hydrogen) atoms. The maximum atomic E-state index is 12.1. The van der Waals surface area contributed by atoms with Crippen LogP contribution < -0.4 is 4.90 Å². The highest BCUT2D eigenvalue weighted by Gasteiger charge is 2.27. The van der Waals surface area contributed by atoms with Crippen molar-refractivity contribution in [1.29, 1.82) is 0 Å². The summed E-state index contributed by atoms with van der Waals surface area (Å²) in [5, 5.41) is 1.02. The van der Waals surface area contributed by atoms with Crippen molar-refractivity contribution < 1.29 is 9.53 Å². The number of aromatic nitrogens is 4. The number of carbonyl (C=O) groups excluding carboxylic acids is 1. The summed E-state index contributed by atoms with van der Waals surface area (Å²) in [5.74, 6) is 2.24. The predicted molar refractivity (Wildman–Crippen MR) is 124 cm³/mol. The molecule has 0 unspecified atom stereocenters. The molecule has 2 aliphatic heterocycles. The average Bonchev–Trinajstić information content (AvgIpc) is 3.33. The van der Waals surface area contributed by atoms with Crippen molar-refractivity contribution in [2.45, 2.75) is 45.1 Å². The van der Waals surface area contributed by atoms with Crippen LogP contribution in [0.2, 0.25) is 0 Å². The molecule has 3 aromatic rings. The Hall–Kier alpha value is -3.00. The maximum Gasteiger partial charge on any atom is 0.222 e. The quantitative estimate of drug-likeness (QED) is 0.678. The number of nitrogens with zero attached hydrogens (tertiary/aromatic N) is 5. The molecule has 2 aliphatic rings. The van der Waals surface area contributed by atoms with E-state index in [1.54, 1.807) is 6.20 Å². The number of carbonyl (C=O) groups is 1. The number of piperidine rings is 1. The van der Waals surface area contributed by atoms with E-state index < -0.39 is 0 Å². The van der Waals surface area contributed by atoms with Crippen LogP contribution >= 0.6 is 0 Å². The van der Waals surface area contributed by atoms with Crippen molar-refractivity contribution in [2.75, 3.05) is 37.7 Å². The Bertz CT molecular complexity index is 1100. The second-order valence-electron chi connectivity index (χ2n) is 8.70. The molecule has 8 nitrogen and oxygen atoms in total. The van der Waals surface area contributed by atoms with E-state index in [0.717, 1.165) is 66.4 Å². The lowest BCUT2D eigenvalue weighted by Gasteiger charge is -2.35. The molecular weight excluding hydrogens is 404 g/mol. The van der Waals surface area contributed by atoms with Gasteiger partial charge in [-0.15, -0.1) is 0 Å². The smallest absolute Gasteiger partial charge is 0.222 e. The molecule has 1 amide bonds. The van der Waals surface area contributed by atoms with Gasteiger partial charge in [-0.05, 0) is 31.9 Å². The van der Waals surface area contributed by atoms with Gasteiger partial charge in [0.15, 0.2) is 5.82 Å². The number of anilines is 1. The van der Waals surface area contributed by atoms with Gasteiger partial charge >= 0.3 is 0 Å². The summed E-state index contributed by atoms with van der Waals surface area (Å²) >= 11 is 0. The van der Waals surface area contributed by atoms with Gasteiger partial charge in [0.25, 0.3) is 0 Å². The van der Waals surface area contributed by atoms with E-state index in [-0.39, 0.29) is 11.9 Å². The second-order valence-corrected chi connectivity index (χ2v) is 8.70. The molecule has 5 heterocycles. The Morgan fingerprint density at radius 2 is 2.06 bits per heavy atom. The fourth-order valence-corrected chi connectivity index (χ4v) is 4.80. The van der Waals surface area contributed by atoms with E-state index in [1.807, 2.05) is 30.2 Å². The molecule has 168 valence electrons. The number of amides is 1. The molecule has 0 radical (unpaired) electrons. The van der Waals surface area contributed by atoms with Crippen LogP contribution in [0.15, 0.2) is 30.6 Å². The lowest BCUT2D eigenvalue weighted by Crippen LogP contribution is -2.44. The summed E-state index contributed by atoms with van der Waals surface area (Å²) < 4.78 is 5.65. The van der Waals surface area contributed by atoms with Crippen LogP contribution in [-0.2, 0) is 9.53 Å². The fourth-order valence-electron chi connectivity index (χ4n) is 4.80. The minimum atomic E-state index is 0.237. The topological polar surface area (TPSA) is 87.2 Å². The van der Waals surface area contributed by atoms with E-state index in [0.29, 0.717) is 25.6 Å². The number of pyridine rings is 1. The van der Waals surface area contributed by atoms with Gasteiger partial charge in [0.05, 0.1) is 19.3 Å². The zero-order chi connectivity index (χ0) is 22.1. The maximum absolute atomic E-state index is 12.1. The normalized spacial score (nSPS) is 20.1. The zero-order valence-electron chi connectivity index (χ0n) is 18.8. The number of hydrogen-bond acceptors (Lipinski definition) is 6. The Kier molecular flexibility index (Phi) is 5.78. The number of aromatic amines is 1. The summed E-state index contributed by atoms with van der Waals surface area (Å²) in [7, 11) is 0. The van der Waals surface area contributed by atoms with Gasteiger partial charge < -0.3 is 19.5 Å². The number of H-pyrrole nitrogens is 1. The minimum Gasteiger partial charge on any atom is -0.377 e. The average molecular weight is 435 g/mol. The molecule has 0 bridgehead atoms. The largest absolute Gasteiger partial charge is 0.377 e. The number of likely N-dealkylation sites (tertiary alicyclic amines) is 1. The molecule has 0 saturated carbocycles. The van der Waals surface area contributed by atoms with Crippen molar-refractivity contribution in [3.63, 3.8) is 0 Å². The predicted octanol–water partition coefficient (Wildman–Crippen LogP) is 3.36. The zero-order valence-corrected chi connectivity index (χ0v) is 18.8. The number of fused-ring (bicyclic) bond motifs is 1. The SMILES string of the molecule is CCC(=O)N1CCC(c2cc(N3CCOC[C@H]3C)nc(-c3ccnc4[nH]ccc34)n2)CC1. The van der Waals surface area contributed by atoms with E-state index in [2.05, 4.69) is 27.9 Å². The second kappa shape index (κ2) is 8.86. The molecule has 5 rings (SSSR count). The molecule has 2 fully saturated rings. The van der Waals surface area contributed by atoms with E-state index in [1.165, 1.54) is 0 Å². The number of nitrogens with one attached hydrogen (secondary N) is 1. The first-order chi connectivity index (χ1) is 15.6. The van der Waals surface area contributed by atoms with Gasteiger partial charge in [-0.1, -0.05) is 6.92 Å². The van der Waals surface area contributed by atoms with Gasteiger partial charge in [0.1, 0.15) is 11.5 Å². The fraction of sp³-hybridized carbons (Fsp3) is 0.500. The van der Waals surface area contributed by atoms with Crippen LogP contribution in [0.5, 0.6) is 0 Å². The summed E-state index contributed by atoms with van der Waals surface area (Å²) in [5.41, 5.74) is 2.89.